The molecular formula is C16H21NO2. The number of fused-ring (bicyclic) bond motifs is 1. The van der Waals surface area contributed by atoms with E-state index < -0.39 is 0 Å². The largest absolute Gasteiger partial charge is 0.465 e. The maximum absolute atomic E-state index is 12.0. The van der Waals surface area contributed by atoms with E-state index >= 15 is 0 Å². The fourth-order valence-electron chi connectivity index (χ4n) is 2.83. The Kier molecular flexibility index (Phi) is 3.83. The van der Waals surface area contributed by atoms with Gasteiger partial charge in [-0.15, -0.1) is 0 Å². The first-order valence-electron chi connectivity index (χ1n) is 7.30. The summed E-state index contributed by atoms with van der Waals surface area (Å²) in [5.41, 5.74) is 2.56. The normalized spacial score (nSPS) is 22.4. The highest BCUT2D eigenvalue weighted by molar-refractivity contribution is 5.76. The monoisotopic (exact) mass is 259 g/mol. The minimum atomic E-state index is -0.170. The van der Waals surface area contributed by atoms with Crippen LogP contribution in [0, 0.1) is 5.92 Å². The molecule has 3 rings (SSSR count). The predicted molar refractivity (Wildman–Crippen MR) is 73.7 cm³/mol. The lowest BCUT2D eigenvalue weighted by atomic mass is 9.83. The van der Waals surface area contributed by atoms with Crippen molar-refractivity contribution in [2.45, 2.75) is 44.7 Å². The second-order valence-corrected chi connectivity index (χ2v) is 5.66. The van der Waals surface area contributed by atoms with E-state index in [-0.39, 0.29) is 12.0 Å². The number of ether oxygens (including phenoxy) is 1. The maximum atomic E-state index is 12.0. The van der Waals surface area contributed by atoms with Gasteiger partial charge in [0, 0.05) is 6.54 Å². The van der Waals surface area contributed by atoms with E-state index in [9.17, 15) is 4.79 Å². The quantitative estimate of drug-likeness (QED) is 0.844. The Labute approximate surface area is 114 Å². The molecular weight excluding hydrogens is 238 g/mol. The predicted octanol–water partition coefficient (Wildman–Crippen LogP) is 2.43. The van der Waals surface area contributed by atoms with Crippen molar-refractivity contribution < 1.29 is 9.53 Å². The van der Waals surface area contributed by atoms with Gasteiger partial charge in [0.2, 0.25) is 0 Å². The second-order valence-electron chi connectivity index (χ2n) is 5.66. The zero-order valence-corrected chi connectivity index (χ0v) is 11.2. The van der Waals surface area contributed by atoms with E-state index in [2.05, 4.69) is 17.4 Å². The van der Waals surface area contributed by atoms with Crippen molar-refractivity contribution in [3.8, 4) is 0 Å². The van der Waals surface area contributed by atoms with Crippen LogP contribution in [0.4, 0.5) is 0 Å². The molecule has 1 aromatic carbocycles. The Balaban J connectivity index is 1.48. The lowest BCUT2D eigenvalue weighted by molar-refractivity contribution is -0.146. The molecule has 19 heavy (non-hydrogen) atoms. The lowest BCUT2D eigenvalue weighted by Gasteiger charge is -2.27. The van der Waals surface area contributed by atoms with E-state index in [0.717, 1.165) is 25.3 Å². The Morgan fingerprint density at radius 1 is 1.26 bits per heavy atom. The van der Waals surface area contributed by atoms with Crippen LogP contribution in [0.15, 0.2) is 24.3 Å². The van der Waals surface area contributed by atoms with Crippen LogP contribution in [-0.4, -0.2) is 18.6 Å². The molecule has 1 aliphatic carbocycles. The summed E-state index contributed by atoms with van der Waals surface area (Å²) in [6.07, 6.45) is 5.76. The molecule has 1 heterocycles. The van der Waals surface area contributed by atoms with Crippen molar-refractivity contribution in [2.75, 3.05) is 6.61 Å². The number of nitrogens with one attached hydrogen (secondary N) is 1. The van der Waals surface area contributed by atoms with Crippen LogP contribution in [0.5, 0.6) is 0 Å². The molecule has 3 nitrogen and oxygen atoms in total. The summed E-state index contributed by atoms with van der Waals surface area (Å²) in [4.78, 5) is 12.0. The number of esters is 1. The second kappa shape index (κ2) is 5.74. The first-order chi connectivity index (χ1) is 9.33. The third-order valence-electron chi connectivity index (χ3n) is 4.36. The highest BCUT2D eigenvalue weighted by Gasteiger charge is 2.25. The summed E-state index contributed by atoms with van der Waals surface area (Å²) in [7, 11) is 0. The smallest absolute Gasteiger partial charge is 0.323 e. The van der Waals surface area contributed by atoms with Crippen molar-refractivity contribution in [2.24, 2.45) is 5.92 Å². The van der Waals surface area contributed by atoms with Crippen LogP contribution < -0.4 is 5.32 Å². The fraction of sp³-hybridized carbons (Fsp3) is 0.562. The molecule has 0 saturated heterocycles. The van der Waals surface area contributed by atoms with Crippen LogP contribution in [0.25, 0.3) is 0 Å². The summed E-state index contributed by atoms with van der Waals surface area (Å²) >= 11 is 0. The van der Waals surface area contributed by atoms with Crippen LogP contribution in [0.3, 0.4) is 0 Å². The topological polar surface area (TPSA) is 38.3 Å². The summed E-state index contributed by atoms with van der Waals surface area (Å²) < 4.78 is 5.40. The molecule has 0 radical (unpaired) electrons. The molecule has 1 N–H and O–H groups in total. The maximum Gasteiger partial charge on any atom is 0.323 e. The van der Waals surface area contributed by atoms with Gasteiger partial charge in [-0.25, -0.2) is 0 Å². The van der Waals surface area contributed by atoms with Gasteiger partial charge in [-0.2, -0.15) is 0 Å². The van der Waals surface area contributed by atoms with E-state index in [1.54, 1.807) is 0 Å². The molecule has 0 spiro atoms. The van der Waals surface area contributed by atoms with Crippen molar-refractivity contribution >= 4 is 5.97 Å². The number of benzene rings is 1. The summed E-state index contributed by atoms with van der Waals surface area (Å²) in [5, 5.41) is 3.27. The first-order valence-corrected chi connectivity index (χ1v) is 7.30. The van der Waals surface area contributed by atoms with Gasteiger partial charge in [0.25, 0.3) is 0 Å². The molecule has 0 aromatic heterocycles. The van der Waals surface area contributed by atoms with E-state index in [1.165, 1.54) is 30.4 Å². The molecule has 1 aliphatic heterocycles. The standard InChI is InChI=1S/C16H21NO2/c18-16(19-9-8-12-4-3-5-12)15-10-13-6-1-2-7-14(13)11-17-15/h1-2,6-7,12,15,17H,3-5,8-11H2. The molecule has 102 valence electrons. The first kappa shape index (κ1) is 12.7. The van der Waals surface area contributed by atoms with E-state index in [4.69, 9.17) is 4.74 Å². The summed E-state index contributed by atoms with van der Waals surface area (Å²) in [5.74, 6) is 0.710. The zero-order chi connectivity index (χ0) is 13.1. The number of carbonyl (C=O) groups is 1. The van der Waals surface area contributed by atoms with E-state index in [1.807, 2.05) is 12.1 Å². The molecule has 3 heteroatoms. The molecule has 1 saturated carbocycles. The van der Waals surface area contributed by atoms with Crippen molar-refractivity contribution in [1.82, 2.24) is 5.32 Å². The van der Waals surface area contributed by atoms with Gasteiger partial charge >= 0.3 is 5.97 Å². The molecule has 2 aliphatic rings. The van der Waals surface area contributed by atoms with Crippen LogP contribution in [0.2, 0.25) is 0 Å². The fourth-order valence-corrected chi connectivity index (χ4v) is 2.83. The van der Waals surface area contributed by atoms with Crippen LogP contribution in [-0.2, 0) is 22.5 Å². The number of hydrogen-bond acceptors (Lipinski definition) is 3. The molecule has 0 bridgehead atoms. The highest BCUT2D eigenvalue weighted by atomic mass is 16.5. The van der Waals surface area contributed by atoms with Gasteiger partial charge in [-0.05, 0) is 29.9 Å². The molecule has 1 aromatic rings. The van der Waals surface area contributed by atoms with Crippen molar-refractivity contribution in [3.63, 3.8) is 0 Å². The van der Waals surface area contributed by atoms with Crippen molar-refractivity contribution in [3.05, 3.63) is 35.4 Å². The third kappa shape index (κ3) is 2.98. The summed E-state index contributed by atoms with van der Waals surface area (Å²) in [6, 6.07) is 8.11. The van der Waals surface area contributed by atoms with Gasteiger partial charge in [0.1, 0.15) is 6.04 Å². The zero-order valence-electron chi connectivity index (χ0n) is 11.2. The molecule has 1 atom stereocenters. The van der Waals surface area contributed by atoms with Crippen molar-refractivity contribution in [1.29, 1.82) is 0 Å². The lowest BCUT2D eigenvalue weighted by Crippen LogP contribution is -2.42. The van der Waals surface area contributed by atoms with Crippen LogP contribution in [0.1, 0.15) is 36.8 Å². The Hall–Kier alpha value is -1.35. The van der Waals surface area contributed by atoms with Crippen LogP contribution >= 0.6 is 0 Å². The average molecular weight is 259 g/mol. The molecule has 0 amide bonds. The van der Waals surface area contributed by atoms with Gasteiger partial charge in [-0.1, -0.05) is 43.5 Å². The molecule has 1 unspecified atom stereocenters. The van der Waals surface area contributed by atoms with Gasteiger partial charge in [0.15, 0.2) is 0 Å². The van der Waals surface area contributed by atoms with E-state index in [0.29, 0.717) is 6.61 Å². The van der Waals surface area contributed by atoms with Gasteiger partial charge in [-0.3, -0.25) is 4.79 Å². The third-order valence-corrected chi connectivity index (χ3v) is 4.36. The van der Waals surface area contributed by atoms with Gasteiger partial charge in [0.05, 0.1) is 6.61 Å². The Bertz CT molecular complexity index is 454. The highest BCUT2D eigenvalue weighted by Crippen LogP contribution is 2.29. The number of rotatable bonds is 4. The number of carbonyl (C=O) groups excluding carboxylic acids is 1. The minimum absolute atomic E-state index is 0.0890. The summed E-state index contributed by atoms with van der Waals surface area (Å²) in [6.45, 7) is 1.35. The van der Waals surface area contributed by atoms with Gasteiger partial charge < -0.3 is 10.1 Å². The Morgan fingerprint density at radius 3 is 2.79 bits per heavy atom. The SMILES string of the molecule is O=C(OCCC1CCC1)C1Cc2ccccc2CN1. The Morgan fingerprint density at radius 2 is 2.05 bits per heavy atom. The molecule has 1 fully saturated rings. The minimum Gasteiger partial charge on any atom is -0.465 e. The number of hydrogen-bond donors (Lipinski definition) is 1. The average Bonchev–Trinajstić information content (AvgIpc) is 2.40.